The monoisotopic (exact) mass is 318 g/mol. The van der Waals surface area contributed by atoms with Crippen LogP contribution in [0, 0.1) is 6.92 Å². The number of nitrogens with one attached hydrogen (secondary N) is 1. The van der Waals surface area contributed by atoms with Crippen LogP contribution in [0.1, 0.15) is 17.2 Å². The van der Waals surface area contributed by atoms with E-state index in [1.807, 2.05) is 55.5 Å². The quantitative estimate of drug-likeness (QED) is 0.911. The number of carbonyl (C=O) groups excluding carboxylic acids is 1. The maximum atomic E-state index is 12.1. The van der Waals surface area contributed by atoms with Crippen molar-refractivity contribution in [3.05, 3.63) is 64.1 Å². The summed E-state index contributed by atoms with van der Waals surface area (Å²) in [4.78, 5) is 12.1. The molecular formula is C15H15BrN2O. The van der Waals surface area contributed by atoms with Crippen molar-refractivity contribution in [1.29, 1.82) is 0 Å². The molecule has 1 atom stereocenters. The van der Waals surface area contributed by atoms with Crippen LogP contribution >= 0.6 is 15.9 Å². The molecule has 0 aromatic heterocycles. The minimum absolute atomic E-state index is 0.211. The number of anilines is 1. The third kappa shape index (κ3) is 3.43. The number of aryl methyl sites for hydroxylation is 1. The van der Waals surface area contributed by atoms with Crippen LogP contribution in [0.4, 0.5) is 5.69 Å². The summed E-state index contributed by atoms with van der Waals surface area (Å²) in [5.41, 5.74) is 8.51. The molecule has 0 heterocycles. The predicted molar refractivity (Wildman–Crippen MR) is 80.9 cm³/mol. The van der Waals surface area contributed by atoms with Crippen molar-refractivity contribution >= 4 is 27.5 Å². The first-order valence-electron chi connectivity index (χ1n) is 5.95. The van der Waals surface area contributed by atoms with Crippen LogP contribution in [-0.2, 0) is 4.79 Å². The lowest BCUT2D eigenvalue weighted by molar-refractivity contribution is -0.117. The van der Waals surface area contributed by atoms with Gasteiger partial charge in [-0.05, 0) is 36.2 Å². The van der Waals surface area contributed by atoms with Crippen molar-refractivity contribution < 1.29 is 4.79 Å². The normalized spacial score (nSPS) is 11.9. The largest absolute Gasteiger partial charge is 0.324 e. The molecule has 0 aliphatic carbocycles. The Labute approximate surface area is 121 Å². The number of halogens is 1. The molecule has 0 bridgehead atoms. The summed E-state index contributed by atoms with van der Waals surface area (Å²) in [5.74, 6) is -0.211. The van der Waals surface area contributed by atoms with E-state index >= 15 is 0 Å². The number of amides is 1. The van der Waals surface area contributed by atoms with Crippen LogP contribution < -0.4 is 11.1 Å². The van der Waals surface area contributed by atoms with Crippen molar-refractivity contribution in [2.24, 2.45) is 5.73 Å². The van der Waals surface area contributed by atoms with Gasteiger partial charge in [0.05, 0.1) is 0 Å². The molecule has 2 aromatic carbocycles. The topological polar surface area (TPSA) is 55.1 Å². The van der Waals surface area contributed by atoms with Crippen LogP contribution in [0.5, 0.6) is 0 Å². The molecule has 0 radical (unpaired) electrons. The van der Waals surface area contributed by atoms with Crippen molar-refractivity contribution in [3.8, 4) is 0 Å². The van der Waals surface area contributed by atoms with E-state index in [0.29, 0.717) is 0 Å². The molecule has 0 spiro atoms. The van der Waals surface area contributed by atoms with Gasteiger partial charge in [0.25, 0.3) is 0 Å². The van der Waals surface area contributed by atoms with E-state index in [4.69, 9.17) is 5.73 Å². The van der Waals surface area contributed by atoms with E-state index in [1.54, 1.807) is 0 Å². The lowest BCUT2D eigenvalue weighted by Gasteiger charge is -2.14. The standard InChI is InChI=1S/C15H15BrN2O/c1-10-9-12(16)7-8-13(10)18-15(19)14(17)11-5-3-2-4-6-11/h2-9,14H,17H2,1H3,(H,18,19)/t14-/m0/s1. The highest BCUT2D eigenvalue weighted by Gasteiger charge is 2.16. The second-order valence-electron chi connectivity index (χ2n) is 4.34. The fourth-order valence-electron chi connectivity index (χ4n) is 1.79. The molecule has 0 aliphatic rings. The van der Waals surface area contributed by atoms with Crippen LogP contribution in [0.15, 0.2) is 53.0 Å². The Morgan fingerprint density at radius 2 is 1.89 bits per heavy atom. The average molecular weight is 319 g/mol. The maximum Gasteiger partial charge on any atom is 0.245 e. The number of hydrogen-bond donors (Lipinski definition) is 2. The van der Waals surface area contributed by atoms with Gasteiger partial charge in [-0.2, -0.15) is 0 Å². The second kappa shape index (κ2) is 5.99. The zero-order valence-corrected chi connectivity index (χ0v) is 12.1. The minimum Gasteiger partial charge on any atom is -0.324 e. The summed E-state index contributed by atoms with van der Waals surface area (Å²) >= 11 is 3.39. The van der Waals surface area contributed by atoms with Crippen molar-refractivity contribution in [1.82, 2.24) is 0 Å². The SMILES string of the molecule is Cc1cc(Br)ccc1NC(=O)[C@@H](N)c1ccccc1. The molecule has 3 N–H and O–H groups in total. The average Bonchev–Trinajstić information content (AvgIpc) is 2.42. The van der Waals surface area contributed by atoms with Gasteiger partial charge >= 0.3 is 0 Å². The first-order valence-corrected chi connectivity index (χ1v) is 6.75. The Balaban J connectivity index is 2.13. The molecular weight excluding hydrogens is 304 g/mol. The summed E-state index contributed by atoms with van der Waals surface area (Å²) in [5, 5.41) is 2.85. The van der Waals surface area contributed by atoms with Crippen LogP contribution in [0.25, 0.3) is 0 Å². The van der Waals surface area contributed by atoms with Crippen LogP contribution in [0.3, 0.4) is 0 Å². The molecule has 2 aromatic rings. The molecule has 2 rings (SSSR count). The van der Waals surface area contributed by atoms with Gasteiger partial charge in [0.15, 0.2) is 0 Å². The first-order chi connectivity index (χ1) is 9.08. The Kier molecular flexibility index (Phi) is 4.35. The summed E-state index contributed by atoms with van der Waals surface area (Å²) in [6.07, 6.45) is 0. The van der Waals surface area contributed by atoms with Gasteiger partial charge in [-0.25, -0.2) is 0 Å². The van der Waals surface area contributed by atoms with Gasteiger partial charge in [-0.1, -0.05) is 46.3 Å². The number of rotatable bonds is 3. The molecule has 0 saturated heterocycles. The zero-order chi connectivity index (χ0) is 13.8. The molecule has 0 saturated carbocycles. The molecule has 3 nitrogen and oxygen atoms in total. The Morgan fingerprint density at radius 1 is 1.21 bits per heavy atom. The van der Waals surface area contributed by atoms with E-state index < -0.39 is 6.04 Å². The number of benzene rings is 2. The van der Waals surface area contributed by atoms with E-state index in [-0.39, 0.29) is 5.91 Å². The van der Waals surface area contributed by atoms with Crippen molar-refractivity contribution in [2.75, 3.05) is 5.32 Å². The van der Waals surface area contributed by atoms with Gasteiger partial charge in [0, 0.05) is 10.2 Å². The molecule has 98 valence electrons. The second-order valence-corrected chi connectivity index (χ2v) is 5.25. The molecule has 4 heteroatoms. The summed E-state index contributed by atoms with van der Waals surface area (Å²) in [6.45, 7) is 1.94. The first kappa shape index (κ1) is 13.8. The fourth-order valence-corrected chi connectivity index (χ4v) is 2.27. The highest BCUT2D eigenvalue weighted by molar-refractivity contribution is 9.10. The molecule has 0 aliphatic heterocycles. The third-order valence-corrected chi connectivity index (χ3v) is 3.38. The van der Waals surface area contributed by atoms with Gasteiger partial charge in [0.2, 0.25) is 5.91 Å². The Bertz CT molecular complexity index is 584. The van der Waals surface area contributed by atoms with E-state index in [1.165, 1.54) is 0 Å². The fraction of sp³-hybridized carbons (Fsp3) is 0.133. The van der Waals surface area contributed by atoms with Gasteiger partial charge in [0.1, 0.15) is 6.04 Å². The Hall–Kier alpha value is -1.65. The Morgan fingerprint density at radius 3 is 2.53 bits per heavy atom. The van der Waals surface area contributed by atoms with E-state index in [0.717, 1.165) is 21.3 Å². The smallest absolute Gasteiger partial charge is 0.245 e. The maximum absolute atomic E-state index is 12.1. The number of hydrogen-bond acceptors (Lipinski definition) is 2. The lowest BCUT2D eigenvalue weighted by atomic mass is 10.1. The zero-order valence-electron chi connectivity index (χ0n) is 10.6. The molecule has 19 heavy (non-hydrogen) atoms. The number of carbonyl (C=O) groups is 1. The van der Waals surface area contributed by atoms with Gasteiger partial charge in [-0.3, -0.25) is 4.79 Å². The molecule has 1 amide bonds. The minimum atomic E-state index is -0.663. The highest BCUT2D eigenvalue weighted by Crippen LogP contribution is 2.21. The van der Waals surface area contributed by atoms with Crippen molar-refractivity contribution in [3.63, 3.8) is 0 Å². The highest BCUT2D eigenvalue weighted by atomic mass is 79.9. The summed E-state index contributed by atoms with van der Waals surface area (Å²) in [6, 6.07) is 14.4. The van der Waals surface area contributed by atoms with Gasteiger partial charge in [-0.15, -0.1) is 0 Å². The van der Waals surface area contributed by atoms with Gasteiger partial charge < -0.3 is 11.1 Å². The van der Waals surface area contributed by atoms with Crippen LogP contribution in [-0.4, -0.2) is 5.91 Å². The third-order valence-electron chi connectivity index (χ3n) is 2.89. The van der Waals surface area contributed by atoms with E-state index in [9.17, 15) is 4.79 Å². The summed E-state index contributed by atoms with van der Waals surface area (Å²) < 4.78 is 0.982. The summed E-state index contributed by atoms with van der Waals surface area (Å²) in [7, 11) is 0. The van der Waals surface area contributed by atoms with E-state index in [2.05, 4.69) is 21.2 Å². The molecule has 0 fully saturated rings. The van der Waals surface area contributed by atoms with Crippen molar-refractivity contribution in [2.45, 2.75) is 13.0 Å². The van der Waals surface area contributed by atoms with Crippen LogP contribution in [0.2, 0.25) is 0 Å². The number of nitrogens with two attached hydrogens (primary N) is 1. The lowest BCUT2D eigenvalue weighted by Crippen LogP contribution is -2.27. The predicted octanol–water partition coefficient (Wildman–Crippen LogP) is 3.40. The molecule has 0 unspecified atom stereocenters.